The number of aromatic nitrogens is 2. The molecule has 0 aromatic carbocycles. The first-order chi connectivity index (χ1) is 7.30. The molecule has 3 heteroatoms. The molecule has 0 radical (unpaired) electrons. The summed E-state index contributed by atoms with van der Waals surface area (Å²) in [5, 5.41) is 0. The fourth-order valence-electron chi connectivity index (χ4n) is 0.884. The van der Waals surface area contributed by atoms with Crippen LogP contribution >= 0.6 is 0 Å². The molecule has 2 aromatic rings. The Bertz CT molecular complexity index is 360. The fraction of sp³-hybridized carbons (Fsp3) is 0.0833. The zero-order chi connectivity index (χ0) is 10.9. The molecule has 2 aromatic heterocycles. The number of hydrogen-bond acceptors (Lipinski definition) is 3. The number of Topliss-reactive ketones (excluding diaryl/α,β-unsaturated/α-hetero) is 1. The number of rotatable bonds is 1. The Morgan fingerprint density at radius 1 is 1.00 bits per heavy atom. The number of ketones is 1. The third-order valence-corrected chi connectivity index (χ3v) is 1.59. The number of pyridine rings is 2. The number of carbonyl (C=O) groups excluding carboxylic acids is 1. The summed E-state index contributed by atoms with van der Waals surface area (Å²) in [6.07, 6.45) is 5.11. The lowest BCUT2D eigenvalue weighted by Crippen LogP contribution is -1.93. The molecule has 0 atom stereocenters. The Morgan fingerprint density at radius 3 is 1.93 bits per heavy atom. The van der Waals surface area contributed by atoms with Crippen molar-refractivity contribution in [1.82, 2.24) is 9.97 Å². The Labute approximate surface area is 88.8 Å². The van der Waals surface area contributed by atoms with Gasteiger partial charge in [-0.2, -0.15) is 0 Å². The summed E-state index contributed by atoms with van der Waals surface area (Å²) in [4.78, 5) is 18.2. The zero-order valence-corrected chi connectivity index (χ0v) is 8.50. The summed E-state index contributed by atoms with van der Waals surface area (Å²) in [6, 6.07) is 11.0. The van der Waals surface area contributed by atoms with Crippen LogP contribution in [0.15, 0.2) is 55.0 Å². The van der Waals surface area contributed by atoms with Crippen LogP contribution in [0.2, 0.25) is 0 Å². The molecule has 15 heavy (non-hydrogen) atoms. The van der Waals surface area contributed by atoms with E-state index in [9.17, 15) is 4.79 Å². The summed E-state index contributed by atoms with van der Waals surface area (Å²) < 4.78 is 0. The second kappa shape index (κ2) is 6.43. The van der Waals surface area contributed by atoms with Crippen LogP contribution in [0.4, 0.5) is 0 Å². The monoisotopic (exact) mass is 200 g/mol. The lowest BCUT2D eigenvalue weighted by atomic mass is 10.3. The summed E-state index contributed by atoms with van der Waals surface area (Å²) in [5.41, 5.74) is 0.525. The van der Waals surface area contributed by atoms with Crippen molar-refractivity contribution in [3.05, 3.63) is 60.7 Å². The minimum atomic E-state index is 0.00981. The van der Waals surface area contributed by atoms with Crippen molar-refractivity contribution in [2.75, 3.05) is 0 Å². The third kappa shape index (κ3) is 4.67. The molecule has 3 nitrogen and oxygen atoms in total. The van der Waals surface area contributed by atoms with E-state index in [4.69, 9.17) is 0 Å². The van der Waals surface area contributed by atoms with Gasteiger partial charge in [-0.25, -0.2) is 0 Å². The Balaban J connectivity index is 0.000000162. The highest BCUT2D eigenvalue weighted by Gasteiger charge is 1.94. The Morgan fingerprint density at radius 2 is 1.67 bits per heavy atom. The molecule has 0 spiro atoms. The minimum Gasteiger partial charge on any atom is -0.293 e. The van der Waals surface area contributed by atoms with E-state index in [1.54, 1.807) is 36.8 Å². The Kier molecular flexibility index (Phi) is 4.73. The maximum absolute atomic E-state index is 10.6. The second-order valence-electron chi connectivity index (χ2n) is 2.80. The molecule has 2 rings (SSSR count). The molecule has 0 saturated heterocycles. The molecule has 0 bridgehead atoms. The molecule has 0 amide bonds. The van der Waals surface area contributed by atoms with Gasteiger partial charge in [0.1, 0.15) is 5.69 Å². The molecule has 2 heterocycles. The predicted molar refractivity (Wildman–Crippen MR) is 58.5 cm³/mol. The SMILES string of the molecule is CC(=O)c1ccccn1.c1ccncc1. The van der Waals surface area contributed by atoms with Gasteiger partial charge >= 0.3 is 0 Å². The van der Waals surface area contributed by atoms with Crippen molar-refractivity contribution < 1.29 is 4.79 Å². The van der Waals surface area contributed by atoms with Gasteiger partial charge in [-0.05, 0) is 24.3 Å². The quantitative estimate of drug-likeness (QED) is 0.664. The van der Waals surface area contributed by atoms with E-state index in [1.165, 1.54) is 6.92 Å². The van der Waals surface area contributed by atoms with Gasteiger partial charge in [0.15, 0.2) is 5.78 Å². The van der Waals surface area contributed by atoms with Crippen LogP contribution < -0.4 is 0 Å². The van der Waals surface area contributed by atoms with E-state index >= 15 is 0 Å². The standard InChI is InChI=1S/C7H7NO.C5H5N/c1-6(9)7-4-2-3-5-8-7;1-2-4-6-5-3-1/h2-5H,1H3;1-5H. The van der Waals surface area contributed by atoms with Crippen molar-refractivity contribution in [3.63, 3.8) is 0 Å². The average Bonchev–Trinajstić information content (AvgIpc) is 2.33. The van der Waals surface area contributed by atoms with Crippen LogP contribution in [-0.2, 0) is 0 Å². The number of nitrogens with zero attached hydrogens (tertiary/aromatic N) is 2. The van der Waals surface area contributed by atoms with E-state index < -0.39 is 0 Å². The summed E-state index contributed by atoms with van der Waals surface area (Å²) in [5.74, 6) is 0.00981. The maximum Gasteiger partial charge on any atom is 0.178 e. The van der Waals surface area contributed by atoms with Gasteiger partial charge in [-0.15, -0.1) is 0 Å². The zero-order valence-electron chi connectivity index (χ0n) is 8.50. The van der Waals surface area contributed by atoms with E-state index in [1.807, 2.05) is 18.2 Å². The topological polar surface area (TPSA) is 42.9 Å². The van der Waals surface area contributed by atoms with Gasteiger partial charge in [0, 0.05) is 25.5 Å². The molecule has 0 aliphatic rings. The van der Waals surface area contributed by atoms with E-state index in [0.717, 1.165) is 0 Å². The van der Waals surface area contributed by atoms with Crippen molar-refractivity contribution in [2.24, 2.45) is 0 Å². The molecule has 0 aliphatic heterocycles. The normalized spacial score (nSPS) is 8.60. The van der Waals surface area contributed by atoms with Crippen LogP contribution in [0.1, 0.15) is 17.4 Å². The van der Waals surface area contributed by atoms with E-state index in [-0.39, 0.29) is 5.78 Å². The number of hydrogen-bond donors (Lipinski definition) is 0. The molecular formula is C12H12N2O. The lowest BCUT2D eigenvalue weighted by Gasteiger charge is -1.88. The summed E-state index contributed by atoms with van der Waals surface area (Å²) in [7, 11) is 0. The lowest BCUT2D eigenvalue weighted by molar-refractivity contribution is 0.101. The highest BCUT2D eigenvalue weighted by atomic mass is 16.1. The Hall–Kier alpha value is -2.03. The van der Waals surface area contributed by atoms with Crippen LogP contribution in [0.3, 0.4) is 0 Å². The van der Waals surface area contributed by atoms with E-state index in [2.05, 4.69) is 9.97 Å². The molecule has 0 unspecified atom stereocenters. The van der Waals surface area contributed by atoms with Crippen LogP contribution in [0.5, 0.6) is 0 Å². The van der Waals surface area contributed by atoms with Crippen LogP contribution in [-0.4, -0.2) is 15.8 Å². The van der Waals surface area contributed by atoms with Crippen molar-refractivity contribution in [3.8, 4) is 0 Å². The van der Waals surface area contributed by atoms with E-state index in [0.29, 0.717) is 5.69 Å². The van der Waals surface area contributed by atoms with Gasteiger partial charge in [-0.1, -0.05) is 12.1 Å². The first kappa shape index (κ1) is 11.0. The van der Waals surface area contributed by atoms with Crippen molar-refractivity contribution >= 4 is 5.78 Å². The molecule has 0 aliphatic carbocycles. The molecule has 0 fully saturated rings. The van der Waals surface area contributed by atoms with Gasteiger partial charge in [0.2, 0.25) is 0 Å². The van der Waals surface area contributed by atoms with Gasteiger partial charge in [-0.3, -0.25) is 14.8 Å². The minimum absolute atomic E-state index is 0.00981. The van der Waals surface area contributed by atoms with Crippen molar-refractivity contribution in [1.29, 1.82) is 0 Å². The third-order valence-electron chi connectivity index (χ3n) is 1.59. The molecule has 0 N–H and O–H groups in total. The molecule has 76 valence electrons. The second-order valence-corrected chi connectivity index (χ2v) is 2.80. The predicted octanol–water partition coefficient (Wildman–Crippen LogP) is 2.37. The first-order valence-electron chi connectivity index (χ1n) is 4.57. The molecule has 0 saturated carbocycles. The van der Waals surface area contributed by atoms with Gasteiger partial charge < -0.3 is 0 Å². The van der Waals surface area contributed by atoms with Gasteiger partial charge in [0.05, 0.1) is 0 Å². The summed E-state index contributed by atoms with van der Waals surface area (Å²) >= 11 is 0. The first-order valence-corrected chi connectivity index (χ1v) is 4.57. The molecular weight excluding hydrogens is 188 g/mol. The number of carbonyl (C=O) groups is 1. The van der Waals surface area contributed by atoms with Crippen molar-refractivity contribution in [2.45, 2.75) is 6.92 Å². The van der Waals surface area contributed by atoms with Crippen LogP contribution in [0.25, 0.3) is 0 Å². The fourth-order valence-corrected chi connectivity index (χ4v) is 0.884. The van der Waals surface area contributed by atoms with Crippen LogP contribution in [0, 0.1) is 0 Å². The van der Waals surface area contributed by atoms with Gasteiger partial charge in [0.25, 0.3) is 0 Å². The average molecular weight is 200 g/mol. The highest BCUT2D eigenvalue weighted by Crippen LogP contribution is 1.92. The largest absolute Gasteiger partial charge is 0.293 e. The smallest absolute Gasteiger partial charge is 0.178 e. The summed E-state index contributed by atoms with van der Waals surface area (Å²) in [6.45, 7) is 1.50. The highest BCUT2D eigenvalue weighted by molar-refractivity contribution is 5.91. The maximum atomic E-state index is 10.6.